The number of carbonyl (C=O) groups is 1. The predicted molar refractivity (Wildman–Crippen MR) is 114 cm³/mol. The molecule has 0 unspecified atom stereocenters. The Hall–Kier alpha value is -3.74. The Morgan fingerprint density at radius 1 is 1.17 bits per heavy atom. The number of aromatic nitrogens is 1. The molecule has 0 aliphatic rings. The first-order valence-corrected chi connectivity index (χ1v) is 9.39. The van der Waals surface area contributed by atoms with Crippen LogP contribution in [0.1, 0.15) is 30.1 Å². The van der Waals surface area contributed by atoms with Gasteiger partial charge in [0.05, 0.1) is 18.0 Å². The van der Waals surface area contributed by atoms with Crippen LogP contribution in [0.15, 0.2) is 65.8 Å². The first-order chi connectivity index (χ1) is 14.1. The molecule has 0 saturated heterocycles. The number of nitrogens with zero attached hydrogens (tertiary/aromatic N) is 2. The summed E-state index contributed by atoms with van der Waals surface area (Å²) in [5.74, 6) is 0.703. The second-order valence-electron chi connectivity index (χ2n) is 6.48. The van der Waals surface area contributed by atoms with Gasteiger partial charge in [0.25, 0.3) is 5.91 Å². The number of unbranched alkanes of at least 4 members (excludes halogenated alkanes) is 1. The van der Waals surface area contributed by atoms with Crippen LogP contribution >= 0.6 is 0 Å². The van der Waals surface area contributed by atoms with Crippen molar-refractivity contribution in [1.82, 2.24) is 4.98 Å². The third kappa shape index (κ3) is 5.16. The number of benzene rings is 2. The highest BCUT2D eigenvalue weighted by Gasteiger charge is 2.10. The Bertz CT molecular complexity index is 1000. The molecule has 7 nitrogen and oxygen atoms in total. The number of ether oxygens (including phenoxy) is 1. The van der Waals surface area contributed by atoms with Crippen molar-refractivity contribution >= 4 is 23.1 Å². The molecule has 4 N–H and O–H groups in total. The van der Waals surface area contributed by atoms with Crippen LogP contribution in [0.5, 0.6) is 5.75 Å². The number of carbonyl (C=O) groups excluding carboxylic acids is 1. The van der Waals surface area contributed by atoms with Gasteiger partial charge in [-0.2, -0.15) is 0 Å². The third-order valence-corrected chi connectivity index (χ3v) is 4.31. The van der Waals surface area contributed by atoms with Gasteiger partial charge >= 0.3 is 0 Å². The Morgan fingerprint density at radius 3 is 2.69 bits per heavy atom. The molecule has 2 aromatic carbocycles. The van der Waals surface area contributed by atoms with Crippen LogP contribution in [0.3, 0.4) is 0 Å². The van der Waals surface area contributed by atoms with Gasteiger partial charge in [-0.25, -0.2) is 10.5 Å². The van der Waals surface area contributed by atoms with Crippen molar-refractivity contribution in [2.45, 2.75) is 19.8 Å². The summed E-state index contributed by atoms with van der Waals surface area (Å²) in [6.07, 6.45) is 2.09. The zero-order valence-electron chi connectivity index (χ0n) is 16.2. The minimum absolute atomic E-state index is 0.151. The number of nitrogen functional groups attached to an aromatic ring is 1. The smallest absolute Gasteiger partial charge is 0.255 e. The molecule has 0 atom stereocenters. The number of hydrogen-bond donors (Lipinski definition) is 3. The highest BCUT2D eigenvalue weighted by molar-refractivity contribution is 6.04. The van der Waals surface area contributed by atoms with E-state index in [2.05, 4.69) is 22.3 Å². The summed E-state index contributed by atoms with van der Waals surface area (Å²) >= 11 is 0. The van der Waals surface area contributed by atoms with E-state index in [4.69, 9.17) is 16.0 Å². The van der Waals surface area contributed by atoms with Crippen molar-refractivity contribution in [1.29, 1.82) is 5.53 Å². The molecular formula is C22H23N5O2. The lowest BCUT2D eigenvalue weighted by atomic mass is 10.1. The molecule has 0 fully saturated rings. The molecule has 3 rings (SSSR count). The molecule has 7 heteroatoms. The molecular weight excluding hydrogens is 366 g/mol. The maximum Gasteiger partial charge on any atom is 0.255 e. The molecule has 29 heavy (non-hydrogen) atoms. The SMILES string of the molecule is CCCCOc1ccc(NC(=O)c2cccc(-c3ccc(N)c(N=N)n3)c2)cc1. The summed E-state index contributed by atoms with van der Waals surface area (Å²) in [5.41, 5.74) is 15.7. The molecule has 3 aromatic rings. The number of amides is 1. The Labute approximate surface area is 169 Å². The summed E-state index contributed by atoms with van der Waals surface area (Å²) in [5, 5.41) is 6.20. The first kappa shape index (κ1) is 20.0. The lowest BCUT2D eigenvalue weighted by molar-refractivity contribution is 0.102. The molecule has 0 saturated carbocycles. The van der Waals surface area contributed by atoms with E-state index in [1.54, 1.807) is 30.3 Å². The minimum Gasteiger partial charge on any atom is -0.494 e. The maximum absolute atomic E-state index is 12.6. The van der Waals surface area contributed by atoms with E-state index in [0.29, 0.717) is 29.2 Å². The number of rotatable bonds is 8. The van der Waals surface area contributed by atoms with E-state index in [0.717, 1.165) is 24.2 Å². The molecule has 0 spiro atoms. The van der Waals surface area contributed by atoms with Gasteiger partial charge in [0.1, 0.15) is 5.75 Å². The van der Waals surface area contributed by atoms with Crippen molar-refractivity contribution in [3.8, 4) is 17.0 Å². The average molecular weight is 389 g/mol. The van der Waals surface area contributed by atoms with E-state index in [-0.39, 0.29) is 11.7 Å². The van der Waals surface area contributed by atoms with E-state index < -0.39 is 0 Å². The van der Waals surface area contributed by atoms with Gasteiger partial charge in [0, 0.05) is 16.8 Å². The Kier molecular flexibility index (Phi) is 6.52. The van der Waals surface area contributed by atoms with Gasteiger partial charge < -0.3 is 15.8 Å². The number of anilines is 2. The van der Waals surface area contributed by atoms with Gasteiger partial charge in [-0.05, 0) is 55.0 Å². The van der Waals surface area contributed by atoms with Gasteiger partial charge in [0.2, 0.25) is 0 Å². The first-order valence-electron chi connectivity index (χ1n) is 9.39. The fourth-order valence-corrected chi connectivity index (χ4v) is 2.70. The Morgan fingerprint density at radius 2 is 1.97 bits per heavy atom. The highest BCUT2D eigenvalue weighted by atomic mass is 16.5. The summed E-state index contributed by atoms with van der Waals surface area (Å²) in [6.45, 7) is 2.80. The molecule has 148 valence electrons. The van der Waals surface area contributed by atoms with Crippen LogP contribution < -0.4 is 15.8 Å². The van der Waals surface area contributed by atoms with Gasteiger partial charge in [-0.15, -0.1) is 5.11 Å². The third-order valence-electron chi connectivity index (χ3n) is 4.31. The number of nitrogens with two attached hydrogens (primary N) is 1. The van der Waals surface area contributed by atoms with E-state index in [9.17, 15) is 4.79 Å². The van der Waals surface area contributed by atoms with Crippen LogP contribution in [0, 0.1) is 5.53 Å². The lowest BCUT2D eigenvalue weighted by Gasteiger charge is -2.09. The topological polar surface area (TPSA) is 113 Å². The lowest BCUT2D eigenvalue weighted by Crippen LogP contribution is -2.11. The summed E-state index contributed by atoms with van der Waals surface area (Å²) in [6, 6.07) is 17.8. The molecule has 0 radical (unpaired) electrons. The standard InChI is InChI=1S/C22H23N5O2/c1-2-3-13-29-18-9-7-17(8-10-18)25-22(28)16-6-4-5-15(14-16)20-12-11-19(23)21(26-20)27-24/h4-12,14,24H,2-3,13,23H2,1H3,(H,25,28). The summed E-state index contributed by atoms with van der Waals surface area (Å²) < 4.78 is 5.63. The van der Waals surface area contributed by atoms with Crippen LogP contribution in [-0.2, 0) is 0 Å². The monoisotopic (exact) mass is 389 g/mol. The van der Waals surface area contributed by atoms with Crippen molar-refractivity contribution in [2.24, 2.45) is 5.11 Å². The maximum atomic E-state index is 12.6. The predicted octanol–water partition coefficient (Wildman–Crippen LogP) is 5.42. The van der Waals surface area contributed by atoms with Crippen LogP contribution in [0.25, 0.3) is 11.3 Å². The fourth-order valence-electron chi connectivity index (χ4n) is 2.70. The zero-order chi connectivity index (χ0) is 20.6. The van der Waals surface area contributed by atoms with Crippen molar-refractivity contribution < 1.29 is 9.53 Å². The largest absolute Gasteiger partial charge is 0.494 e. The molecule has 0 aliphatic carbocycles. The fraction of sp³-hybridized carbons (Fsp3) is 0.182. The van der Waals surface area contributed by atoms with Crippen LogP contribution in [-0.4, -0.2) is 17.5 Å². The summed E-state index contributed by atoms with van der Waals surface area (Å²) in [7, 11) is 0. The number of hydrogen-bond acceptors (Lipinski definition) is 6. The Balaban J connectivity index is 1.72. The van der Waals surface area contributed by atoms with Gasteiger partial charge in [0.15, 0.2) is 5.82 Å². The normalized spacial score (nSPS) is 10.4. The number of nitrogens with one attached hydrogen (secondary N) is 2. The molecule has 1 amide bonds. The van der Waals surface area contributed by atoms with E-state index in [1.807, 2.05) is 30.3 Å². The van der Waals surface area contributed by atoms with E-state index in [1.165, 1.54) is 0 Å². The van der Waals surface area contributed by atoms with E-state index >= 15 is 0 Å². The molecule has 0 bridgehead atoms. The van der Waals surface area contributed by atoms with Crippen LogP contribution in [0.2, 0.25) is 0 Å². The summed E-state index contributed by atoms with van der Waals surface area (Å²) in [4.78, 5) is 16.9. The minimum atomic E-state index is -0.229. The molecule has 0 aliphatic heterocycles. The zero-order valence-corrected chi connectivity index (χ0v) is 16.2. The second kappa shape index (κ2) is 9.45. The quantitative estimate of drug-likeness (QED) is 0.352. The van der Waals surface area contributed by atoms with Gasteiger partial charge in [-0.1, -0.05) is 25.5 Å². The molecule has 1 aromatic heterocycles. The van der Waals surface area contributed by atoms with Crippen molar-refractivity contribution in [3.05, 3.63) is 66.2 Å². The average Bonchev–Trinajstić information content (AvgIpc) is 2.75. The molecule has 1 heterocycles. The van der Waals surface area contributed by atoms with Crippen molar-refractivity contribution in [3.63, 3.8) is 0 Å². The number of pyridine rings is 1. The van der Waals surface area contributed by atoms with Crippen molar-refractivity contribution in [2.75, 3.05) is 17.7 Å². The highest BCUT2D eigenvalue weighted by Crippen LogP contribution is 2.26. The van der Waals surface area contributed by atoms with Gasteiger partial charge in [-0.3, -0.25) is 4.79 Å². The van der Waals surface area contributed by atoms with Crippen LogP contribution in [0.4, 0.5) is 17.2 Å². The second-order valence-corrected chi connectivity index (χ2v) is 6.48.